The fourth-order valence-electron chi connectivity index (χ4n) is 8.60. The van der Waals surface area contributed by atoms with Crippen molar-refractivity contribution in [2.75, 3.05) is 13.7 Å². The number of rotatable bonds is 13. The first-order chi connectivity index (χ1) is 33.7. The largest absolute Gasteiger partial charge is 0.505 e. The minimum absolute atomic E-state index is 0.0372. The van der Waals surface area contributed by atoms with E-state index in [0.29, 0.717) is 23.1 Å². The highest BCUT2D eigenvalue weighted by molar-refractivity contribution is 6.39. The van der Waals surface area contributed by atoms with E-state index in [1.54, 1.807) is 53.7 Å². The van der Waals surface area contributed by atoms with Gasteiger partial charge in [-0.1, -0.05) is 86.9 Å². The maximum atomic E-state index is 13.9. The molecule has 20 heteroatoms. The summed E-state index contributed by atoms with van der Waals surface area (Å²) in [6.45, 7) is 18.1. The van der Waals surface area contributed by atoms with Crippen molar-refractivity contribution in [1.29, 1.82) is 0 Å². The normalized spacial score (nSPS) is 31.5. The number of carbonyl (C=O) groups excluding carboxylic acids is 3. The number of aliphatic hydroxyl groups excluding tert-OH is 5. The number of hydrogen-bond acceptors (Lipinski definition) is 18. The predicted molar refractivity (Wildman–Crippen MR) is 265 cm³/mol. The van der Waals surface area contributed by atoms with Crippen molar-refractivity contribution in [3.8, 4) is 11.5 Å². The molecular formula is C52H74Cl2O18. The zero-order chi connectivity index (χ0) is 54.1. The molecular weight excluding hydrogens is 983 g/mol. The lowest BCUT2D eigenvalue weighted by molar-refractivity contribution is -0.333. The van der Waals surface area contributed by atoms with E-state index in [0.717, 1.165) is 0 Å². The second kappa shape index (κ2) is 26.5. The molecule has 72 heavy (non-hydrogen) atoms. The molecule has 0 aliphatic carbocycles. The van der Waals surface area contributed by atoms with Gasteiger partial charge in [0.05, 0.1) is 47.5 Å². The van der Waals surface area contributed by atoms with Gasteiger partial charge in [-0.05, 0) is 90.5 Å². The molecule has 0 aromatic heterocycles. The summed E-state index contributed by atoms with van der Waals surface area (Å²) in [5.41, 5.74) is 0.318. The number of phenolic OH excluding ortho intramolecular Hbond substituents is 2. The van der Waals surface area contributed by atoms with Crippen molar-refractivity contribution in [2.45, 2.75) is 187 Å². The van der Waals surface area contributed by atoms with Crippen LogP contribution in [0.25, 0.3) is 0 Å². The molecule has 2 fully saturated rings. The summed E-state index contributed by atoms with van der Waals surface area (Å²) in [5.74, 6) is -4.78. The van der Waals surface area contributed by atoms with Gasteiger partial charge < -0.3 is 73.6 Å². The van der Waals surface area contributed by atoms with Crippen LogP contribution in [-0.2, 0) is 53.9 Å². The van der Waals surface area contributed by atoms with Gasteiger partial charge in [0.25, 0.3) is 0 Å². The minimum Gasteiger partial charge on any atom is -0.505 e. The van der Waals surface area contributed by atoms with Crippen LogP contribution in [0.4, 0.5) is 0 Å². The van der Waals surface area contributed by atoms with E-state index in [-0.39, 0.29) is 35.4 Å². The van der Waals surface area contributed by atoms with Crippen molar-refractivity contribution < 1.29 is 88.0 Å². The molecule has 0 unspecified atom stereocenters. The Kier molecular flexibility index (Phi) is 22.4. The quantitative estimate of drug-likeness (QED) is 0.0655. The number of carbonyl (C=O) groups is 3. The van der Waals surface area contributed by atoms with Crippen molar-refractivity contribution in [1.82, 2.24) is 0 Å². The summed E-state index contributed by atoms with van der Waals surface area (Å²) in [5, 5.41) is 76.5. The summed E-state index contributed by atoms with van der Waals surface area (Å²) in [7, 11) is 1.26. The van der Waals surface area contributed by atoms with E-state index in [4.69, 9.17) is 61.1 Å². The number of allylic oxidation sites excluding steroid dienone is 4. The second-order valence-electron chi connectivity index (χ2n) is 19.4. The van der Waals surface area contributed by atoms with E-state index in [1.165, 1.54) is 33.1 Å². The summed E-state index contributed by atoms with van der Waals surface area (Å²) >= 11 is 12.3. The molecule has 0 radical (unpaired) electrons. The molecule has 3 aliphatic rings. The number of hydrogen-bond donors (Lipinski definition) is 7. The predicted octanol–water partition coefficient (Wildman–Crippen LogP) is 6.23. The fraction of sp³-hybridized carbons (Fsp3) is 0.635. The lowest BCUT2D eigenvalue weighted by Gasteiger charge is -2.47. The molecule has 0 bridgehead atoms. The number of cyclic esters (lactones) is 1. The Labute approximate surface area is 431 Å². The Balaban J connectivity index is 1.61. The van der Waals surface area contributed by atoms with Gasteiger partial charge in [0.1, 0.15) is 46.7 Å². The molecule has 0 saturated carbocycles. The van der Waals surface area contributed by atoms with Gasteiger partial charge in [-0.2, -0.15) is 0 Å². The van der Waals surface area contributed by atoms with Crippen LogP contribution in [0.3, 0.4) is 0 Å². The number of esters is 3. The smallest absolute Gasteiger partial charge is 0.342 e. The van der Waals surface area contributed by atoms with Gasteiger partial charge in [-0.25, -0.2) is 9.59 Å². The molecule has 404 valence electrons. The highest BCUT2D eigenvalue weighted by Crippen LogP contribution is 2.45. The van der Waals surface area contributed by atoms with Crippen LogP contribution < -0.4 is 0 Å². The van der Waals surface area contributed by atoms with Crippen molar-refractivity contribution in [3.63, 3.8) is 0 Å². The monoisotopic (exact) mass is 1060 g/mol. The Bertz CT molecular complexity index is 2220. The van der Waals surface area contributed by atoms with Crippen LogP contribution in [-0.4, -0.2) is 153 Å². The first-order valence-corrected chi connectivity index (χ1v) is 24.9. The Morgan fingerprint density at radius 3 is 2.17 bits per heavy atom. The zero-order valence-corrected chi connectivity index (χ0v) is 44.5. The number of ether oxygens (including phenoxy) is 8. The SMILES string of the molecule is CCc1c(Cl)c(O)c(Cl)c(O)c1C(=O)O[C@H]1[C@H](O)[C@H](OC)[C@H](OCC2=CC=CC[C@H](O)C(C)=C[C@H](CC)[C@@H](O[C@@H]3OC(C)(C)[C@@H](OC(=O)C(C)C)[C@H](O)[C@@H]3O)C(C)=CC(C)=CC[C@@H]([C@@H](C)O)OC2=O)O[C@@H]1C. The molecule has 1 aromatic carbocycles. The van der Waals surface area contributed by atoms with Gasteiger partial charge >= 0.3 is 17.9 Å². The summed E-state index contributed by atoms with van der Waals surface area (Å²) in [4.78, 5) is 40.0. The van der Waals surface area contributed by atoms with Gasteiger partial charge in [-0.3, -0.25) is 4.79 Å². The molecule has 2 saturated heterocycles. The summed E-state index contributed by atoms with van der Waals surface area (Å²) in [6.07, 6.45) is -5.45. The highest BCUT2D eigenvalue weighted by Gasteiger charge is 2.53. The van der Waals surface area contributed by atoms with Crippen LogP contribution >= 0.6 is 23.2 Å². The number of benzene rings is 1. The summed E-state index contributed by atoms with van der Waals surface area (Å²) in [6, 6.07) is 0. The topological polar surface area (TPSA) is 267 Å². The molecule has 7 N–H and O–H groups in total. The average Bonchev–Trinajstić information content (AvgIpc) is 3.32. The van der Waals surface area contributed by atoms with E-state index in [1.807, 2.05) is 32.9 Å². The standard InChI is InChI=1S/C52H74Cl2O18/c1-13-30-22-26(6)33(56)18-16-15-17-31(23-66-51-45(65-12)42(61)44(29(9)67-51)69-49(64)35-32(14-2)36(53)39(58)37(54)38(35)57)48(63)68-34(28(8)55)20-19-25(5)21-27(7)43(30)70-50-41(60)40(59)46(52(10,11)72-50)71-47(62)24(3)4/h15-17,19,21-22,24,28-30,33-34,40-46,50-51,55-61H,13-14,18,20,23H2,1-12H3/t28-,29-,30+,33+,34+,40-,41+,42+,43+,44-,45+,46+,50-,51-/m1/s1. The van der Waals surface area contributed by atoms with Crippen LogP contribution in [0, 0.1) is 11.8 Å². The first kappa shape index (κ1) is 60.7. The van der Waals surface area contributed by atoms with Crippen molar-refractivity contribution >= 4 is 41.1 Å². The third kappa shape index (κ3) is 14.7. The Morgan fingerprint density at radius 2 is 1.57 bits per heavy atom. The van der Waals surface area contributed by atoms with Crippen molar-refractivity contribution in [3.05, 3.63) is 79.9 Å². The number of phenols is 2. The highest BCUT2D eigenvalue weighted by atomic mass is 35.5. The average molecular weight is 1060 g/mol. The minimum atomic E-state index is -1.61. The van der Waals surface area contributed by atoms with Crippen LogP contribution in [0.2, 0.25) is 10.0 Å². The Hall–Kier alpha value is -3.89. The molecule has 3 aliphatic heterocycles. The third-order valence-corrected chi connectivity index (χ3v) is 13.8. The lowest BCUT2D eigenvalue weighted by atomic mass is 9.88. The van der Waals surface area contributed by atoms with Crippen LogP contribution in [0.5, 0.6) is 11.5 Å². The molecule has 14 atom stereocenters. The number of methoxy groups -OCH3 is 1. The lowest BCUT2D eigenvalue weighted by Crippen LogP contribution is -2.64. The van der Waals surface area contributed by atoms with Crippen LogP contribution in [0.15, 0.2) is 58.7 Å². The van der Waals surface area contributed by atoms with E-state index >= 15 is 0 Å². The van der Waals surface area contributed by atoms with E-state index in [9.17, 15) is 50.1 Å². The Morgan fingerprint density at radius 1 is 0.903 bits per heavy atom. The third-order valence-electron chi connectivity index (χ3n) is 13.0. The van der Waals surface area contributed by atoms with Gasteiger partial charge in [0.2, 0.25) is 0 Å². The molecule has 4 rings (SSSR count). The van der Waals surface area contributed by atoms with E-state index in [2.05, 4.69) is 0 Å². The van der Waals surface area contributed by atoms with E-state index < -0.39 is 144 Å². The molecule has 18 nitrogen and oxygen atoms in total. The number of aromatic hydroxyl groups is 2. The maximum Gasteiger partial charge on any atom is 0.342 e. The van der Waals surface area contributed by atoms with Gasteiger partial charge in [0, 0.05) is 19.4 Å². The zero-order valence-electron chi connectivity index (χ0n) is 43.0. The molecule has 3 heterocycles. The number of aliphatic hydroxyl groups is 5. The van der Waals surface area contributed by atoms with Crippen molar-refractivity contribution in [2.24, 2.45) is 11.8 Å². The molecule has 0 amide bonds. The maximum absolute atomic E-state index is 13.9. The van der Waals surface area contributed by atoms with Crippen LogP contribution in [0.1, 0.15) is 111 Å². The second-order valence-corrected chi connectivity index (χ2v) is 20.1. The fourth-order valence-corrected chi connectivity index (χ4v) is 9.16. The first-order valence-electron chi connectivity index (χ1n) is 24.2. The number of halogens is 2. The van der Waals surface area contributed by atoms with Gasteiger partial charge in [0.15, 0.2) is 36.3 Å². The van der Waals surface area contributed by atoms with Gasteiger partial charge in [-0.15, -0.1) is 0 Å². The molecule has 0 spiro atoms. The summed E-state index contributed by atoms with van der Waals surface area (Å²) < 4.78 is 47.5. The molecule has 1 aromatic rings.